The molecular formula is C27H26F2N4O3. The van der Waals surface area contributed by atoms with Crippen LogP contribution in [0.5, 0.6) is 5.75 Å². The van der Waals surface area contributed by atoms with E-state index in [2.05, 4.69) is 16.3 Å². The lowest BCUT2D eigenvalue weighted by molar-refractivity contribution is -0.150. The minimum absolute atomic E-state index is 0.0684. The third kappa shape index (κ3) is 3.60. The van der Waals surface area contributed by atoms with Crippen molar-refractivity contribution in [1.29, 1.82) is 5.26 Å². The molecule has 186 valence electrons. The first-order valence-electron chi connectivity index (χ1n) is 11.7. The number of ether oxygens (including phenoxy) is 1. The Morgan fingerprint density at radius 1 is 1.39 bits per heavy atom. The zero-order valence-corrected chi connectivity index (χ0v) is 20.2. The summed E-state index contributed by atoms with van der Waals surface area (Å²) in [6.45, 7) is 3.88. The number of aliphatic carboxylic acids is 1. The van der Waals surface area contributed by atoms with E-state index >= 15 is 4.39 Å². The van der Waals surface area contributed by atoms with Crippen molar-refractivity contribution < 1.29 is 23.4 Å². The van der Waals surface area contributed by atoms with Gasteiger partial charge in [0.1, 0.15) is 0 Å². The predicted molar refractivity (Wildman–Crippen MR) is 131 cm³/mol. The molecule has 4 aromatic rings. The van der Waals surface area contributed by atoms with Crippen LogP contribution in [0.2, 0.25) is 0 Å². The molecule has 0 unspecified atom stereocenters. The SMILES string of the molecule is COc1cc(-n2c(C(C)(C)CC#N)c([C@@H]3CC[C@@](F)(C(=O)O)C3)c3cc4[nH]ncc4cc32)ccc1F. The van der Waals surface area contributed by atoms with E-state index < -0.39 is 22.9 Å². The minimum atomic E-state index is -2.31. The molecule has 0 spiro atoms. The molecule has 9 heteroatoms. The maximum atomic E-state index is 15.3. The van der Waals surface area contributed by atoms with E-state index in [1.54, 1.807) is 18.3 Å². The summed E-state index contributed by atoms with van der Waals surface area (Å²) < 4.78 is 36.8. The molecule has 2 atom stereocenters. The number of nitrogens with zero attached hydrogens (tertiary/aromatic N) is 3. The van der Waals surface area contributed by atoms with E-state index in [1.165, 1.54) is 13.2 Å². The summed E-state index contributed by atoms with van der Waals surface area (Å²) >= 11 is 0. The van der Waals surface area contributed by atoms with E-state index in [-0.39, 0.29) is 30.9 Å². The van der Waals surface area contributed by atoms with Gasteiger partial charge in [0.2, 0.25) is 5.67 Å². The van der Waals surface area contributed by atoms with Crippen molar-refractivity contribution in [3.05, 3.63) is 53.6 Å². The molecule has 2 aromatic heterocycles. The Hall–Kier alpha value is -3.93. The molecule has 1 aliphatic carbocycles. The first-order chi connectivity index (χ1) is 17.1. The number of halogens is 2. The first-order valence-corrected chi connectivity index (χ1v) is 11.7. The van der Waals surface area contributed by atoms with Gasteiger partial charge in [-0.1, -0.05) is 13.8 Å². The van der Waals surface area contributed by atoms with Crippen molar-refractivity contribution in [1.82, 2.24) is 14.8 Å². The Labute approximate surface area is 206 Å². The van der Waals surface area contributed by atoms with Gasteiger partial charge >= 0.3 is 5.97 Å². The average Bonchev–Trinajstić information content (AvgIpc) is 3.53. The van der Waals surface area contributed by atoms with Crippen molar-refractivity contribution in [2.24, 2.45) is 0 Å². The summed E-state index contributed by atoms with van der Waals surface area (Å²) in [5.74, 6) is -2.28. The fraction of sp³-hybridized carbons (Fsp3) is 0.370. The molecule has 5 rings (SSSR count). The van der Waals surface area contributed by atoms with Gasteiger partial charge in [-0.15, -0.1) is 0 Å². The van der Waals surface area contributed by atoms with Gasteiger partial charge in [-0.25, -0.2) is 13.6 Å². The largest absolute Gasteiger partial charge is 0.494 e. The second-order valence-electron chi connectivity index (χ2n) is 10.2. The number of benzene rings is 2. The number of H-pyrrole nitrogens is 1. The molecule has 0 bridgehead atoms. The fourth-order valence-corrected chi connectivity index (χ4v) is 5.60. The Bertz CT molecular complexity index is 1550. The van der Waals surface area contributed by atoms with Crippen LogP contribution in [0.4, 0.5) is 8.78 Å². The number of fused-ring (bicyclic) bond motifs is 2. The highest BCUT2D eigenvalue weighted by atomic mass is 19.1. The molecule has 1 fully saturated rings. The van der Waals surface area contributed by atoms with E-state index in [4.69, 9.17) is 4.74 Å². The fourth-order valence-electron chi connectivity index (χ4n) is 5.60. The van der Waals surface area contributed by atoms with Gasteiger partial charge in [0.05, 0.1) is 30.4 Å². The number of carbonyl (C=O) groups is 1. The van der Waals surface area contributed by atoms with E-state index in [9.17, 15) is 19.6 Å². The molecule has 36 heavy (non-hydrogen) atoms. The van der Waals surface area contributed by atoms with Crippen LogP contribution in [0.25, 0.3) is 27.5 Å². The van der Waals surface area contributed by atoms with Crippen molar-refractivity contribution in [2.45, 2.75) is 56.5 Å². The average molecular weight is 493 g/mol. The number of hydrogen-bond donors (Lipinski definition) is 2. The number of hydrogen-bond acceptors (Lipinski definition) is 4. The highest BCUT2D eigenvalue weighted by molar-refractivity contribution is 5.99. The summed E-state index contributed by atoms with van der Waals surface area (Å²) in [4.78, 5) is 11.7. The Morgan fingerprint density at radius 2 is 2.17 bits per heavy atom. The predicted octanol–water partition coefficient (Wildman–Crippen LogP) is 5.91. The van der Waals surface area contributed by atoms with Crippen LogP contribution in [0.3, 0.4) is 0 Å². The third-order valence-electron chi connectivity index (χ3n) is 7.37. The van der Waals surface area contributed by atoms with Gasteiger partial charge in [0, 0.05) is 40.1 Å². The number of rotatable bonds is 6. The summed E-state index contributed by atoms with van der Waals surface area (Å²) in [6.07, 6.45) is 1.97. The quantitative estimate of drug-likeness (QED) is 0.348. The summed E-state index contributed by atoms with van der Waals surface area (Å²) in [7, 11) is 1.39. The highest BCUT2D eigenvalue weighted by Crippen LogP contribution is 2.51. The van der Waals surface area contributed by atoms with E-state index in [0.717, 1.165) is 33.1 Å². The number of aromatic amines is 1. The standard InChI is InChI=1S/C27H26F2N4O3/c1-26(2,8-9-30)24-23(15-6-7-27(29,13-15)25(34)35)18-12-20-16(14-31-32-20)10-21(18)33(24)17-4-5-19(28)22(11-17)36-3/h4-5,10-12,14-15H,6-8,13H2,1-3H3,(H,31,32)(H,34,35)/t15-,27+/m1/s1. The first kappa shape index (κ1) is 23.8. The van der Waals surface area contributed by atoms with Gasteiger partial charge in [0.15, 0.2) is 11.6 Å². The van der Waals surface area contributed by atoms with Crippen molar-refractivity contribution in [2.75, 3.05) is 7.11 Å². The number of alkyl halides is 1. The lowest BCUT2D eigenvalue weighted by Gasteiger charge is -2.28. The topological polar surface area (TPSA) is 104 Å². The van der Waals surface area contributed by atoms with Gasteiger partial charge in [0.25, 0.3) is 0 Å². The number of nitrogens with one attached hydrogen (secondary N) is 1. The van der Waals surface area contributed by atoms with Crippen LogP contribution < -0.4 is 4.74 Å². The smallest absolute Gasteiger partial charge is 0.341 e. The van der Waals surface area contributed by atoms with Crippen molar-refractivity contribution in [3.63, 3.8) is 0 Å². The van der Waals surface area contributed by atoms with Crippen molar-refractivity contribution in [3.8, 4) is 17.5 Å². The normalized spacial score (nSPS) is 20.2. The Morgan fingerprint density at radius 3 is 2.83 bits per heavy atom. The lowest BCUT2D eigenvalue weighted by Crippen LogP contribution is -2.30. The number of carboxylic acids is 1. The third-order valence-corrected chi connectivity index (χ3v) is 7.37. The van der Waals surface area contributed by atoms with Crippen LogP contribution in [-0.2, 0) is 10.2 Å². The number of carboxylic acid groups (broad SMARTS) is 1. The van der Waals surface area contributed by atoms with Gasteiger partial charge in [-0.2, -0.15) is 10.4 Å². The maximum absolute atomic E-state index is 15.3. The molecule has 7 nitrogen and oxygen atoms in total. The summed E-state index contributed by atoms with van der Waals surface area (Å²) in [6, 6.07) is 10.7. The zero-order chi connectivity index (χ0) is 25.8. The van der Waals surface area contributed by atoms with E-state index in [0.29, 0.717) is 12.1 Å². The number of nitriles is 1. The maximum Gasteiger partial charge on any atom is 0.341 e. The van der Waals surface area contributed by atoms with Crippen LogP contribution in [0.1, 0.15) is 56.7 Å². The van der Waals surface area contributed by atoms with E-state index in [1.807, 2.05) is 30.5 Å². The molecule has 2 aromatic carbocycles. The Balaban J connectivity index is 1.89. The van der Waals surface area contributed by atoms with Gasteiger partial charge in [-0.3, -0.25) is 5.10 Å². The second-order valence-corrected chi connectivity index (χ2v) is 10.2. The molecule has 2 N–H and O–H groups in total. The van der Waals surface area contributed by atoms with Crippen molar-refractivity contribution >= 4 is 27.8 Å². The van der Waals surface area contributed by atoms with Gasteiger partial charge < -0.3 is 14.4 Å². The molecule has 0 amide bonds. The van der Waals surface area contributed by atoms with Crippen LogP contribution in [0.15, 0.2) is 36.5 Å². The van der Waals surface area contributed by atoms with Crippen LogP contribution >= 0.6 is 0 Å². The van der Waals surface area contributed by atoms with Crippen LogP contribution in [-0.4, -0.2) is 38.6 Å². The molecule has 1 aliphatic rings. The highest BCUT2D eigenvalue weighted by Gasteiger charge is 2.48. The molecular weight excluding hydrogens is 466 g/mol. The minimum Gasteiger partial charge on any atom is -0.494 e. The molecule has 1 saturated carbocycles. The molecule has 0 radical (unpaired) electrons. The zero-order valence-electron chi connectivity index (χ0n) is 20.2. The number of aromatic nitrogens is 3. The molecule has 0 saturated heterocycles. The Kier molecular flexibility index (Phi) is 5.51. The monoisotopic (exact) mass is 492 g/mol. The lowest BCUT2D eigenvalue weighted by atomic mass is 9.79. The van der Waals surface area contributed by atoms with Gasteiger partial charge in [-0.05, 0) is 55.0 Å². The summed E-state index contributed by atoms with van der Waals surface area (Å²) in [5.41, 5.74) is 0.758. The molecule has 2 heterocycles. The number of methoxy groups -OCH3 is 1. The molecule has 0 aliphatic heterocycles. The second kappa shape index (κ2) is 8.33. The summed E-state index contributed by atoms with van der Waals surface area (Å²) in [5, 5.41) is 28.0. The van der Waals surface area contributed by atoms with Crippen LogP contribution in [0, 0.1) is 17.1 Å².